The maximum absolute atomic E-state index is 12.3. The average molecular weight is 377 g/mol. The monoisotopic (exact) mass is 376 g/mol. The van der Waals surface area contributed by atoms with E-state index in [9.17, 15) is 26.3 Å². The lowest BCUT2D eigenvalue weighted by Crippen LogP contribution is -2.28. The Hall–Kier alpha value is -1.63. The summed E-state index contributed by atoms with van der Waals surface area (Å²) in [6.07, 6.45) is -9.56. The second-order valence-electron chi connectivity index (χ2n) is 3.80. The van der Waals surface area contributed by atoms with Gasteiger partial charge in [-0.3, -0.25) is 0 Å². The van der Waals surface area contributed by atoms with E-state index in [-0.39, 0.29) is 10.2 Å². The first kappa shape index (κ1) is 17.4. The summed E-state index contributed by atoms with van der Waals surface area (Å²) < 4.78 is 76.7. The number of nitrogens with zero attached hydrogens (tertiary/aromatic N) is 1. The number of hydrogen-bond donors (Lipinski definition) is 1. The largest absolute Gasteiger partial charge is 0.573 e. The third kappa shape index (κ3) is 5.71. The highest BCUT2D eigenvalue weighted by molar-refractivity contribution is 9.10. The Morgan fingerprint density at radius 3 is 2.29 bits per heavy atom. The third-order valence-corrected chi connectivity index (χ3v) is 2.84. The Balaban J connectivity index is 2.75. The first-order valence-corrected chi connectivity index (χ1v) is 6.07. The zero-order valence-electron chi connectivity index (χ0n) is 10.0. The summed E-state index contributed by atoms with van der Waals surface area (Å²) in [6.45, 7) is -0.716. The lowest BCUT2D eigenvalue weighted by Gasteiger charge is -2.16. The van der Waals surface area contributed by atoms with Crippen molar-refractivity contribution in [2.45, 2.75) is 12.5 Å². The highest BCUT2D eigenvalue weighted by atomic mass is 79.9. The lowest BCUT2D eigenvalue weighted by molar-refractivity contribution is -0.274. The van der Waals surface area contributed by atoms with E-state index in [1.54, 1.807) is 0 Å². The fourth-order valence-corrected chi connectivity index (χ4v) is 1.73. The molecule has 1 atom stereocenters. The molecule has 0 aliphatic carbocycles. The SMILES string of the molecule is N#CC(CNc1ccc(OC(F)(F)F)c(Br)c1)C(F)(F)F. The molecule has 0 aromatic heterocycles. The predicted octanol–water partition coefficient (Wildman–Crippen LogP) is 4.46. The molecule has 0 radical (unpaired) electrons. The maximum atomic E-state index is 12.3. The molecular formula is C11H7BrF6N2O. The molecule has 0 aliphatic heterocycles. The molecule has 3 nitrogen and oxygen atoms in total. The molecular weight excluding hydrogens is 370 g/mol. The second-order valence-corrected chi connectivity index (χ2v) is 4.65. The quantitative estimate of drug-likeness (QED) is 0.789. The molecule has 0 amide bonds. The standard InChI is InChI=1S/C11H7BrF6N2O/c12-8-3-7(1-2-9(8)21-11(16,17)18)20-5-6(4-19)10(13,14)15/h1-3,6,20H,5H2. The summed E-state index contributed by atoms with van der Waals surface area (Å²) in [6, 6.07) is 4.26. The van der Waals surface area contributed by atoms with Gasteiger partial charge in [0, 0.05) is 12.2 Å². The highest BCUT2D eigenvalue weighted by Gasteiger charge is 2.39. The van der Waals surface area contributed by atoms with E-state index >= 15 is 0 Å². The Morgan fingerprint density at radius 1 is 1.24 bits per heavy atom. The van der Waals surface area contributed by atoms with Crippen molar-refractivity contribution < 1.29 is 31.1 Å². The van der Waals surface area contributed by atoms with Crippen LogP contribution in [0.5, 0.6) is 5.75 Å². The van der Waals surface area contributed by atoms with Gasteiger partial charge in [0.25, 0.3) is 0 Å². The van der Waals surface area contributed by atoms with Crippen molar-refractivity contribution in [3.8, 4) is 11.8 Å². The van der Waals surface area contributed by atoms with Crippen LogP contribution in [0.15, 0.2) is 22.7 Å². The topological polar surface area (TPSA) is 45.0 Å². The van der Waals surface area contributed by atoms with Crippen molar-refractivity contribution in [1.82, 2.24) is 0 Å². The summed E-state index contributed by atoms with van der Waals surface area (Å²) in [4.78, 5) is 0. The van der Waals surface area contributed by atoms with Gasteiger partial charge in [-0.15, -0.1) is 13.2 Å². The average Bonchev–Trinajstić information content (AvgIpc) is 2.30. The summed E-state index contributed by atoms with van der Waals surface area (Å²) in [5, 5.41) is 10.7. The number of hydrogen-bond acceptors (Lipinski definition) is 3. The van der Waals surface area contributed by atoms with Crippen molar-refractivity contribution in [3.05, 3.63) is 22.7 Å². The number of alkyl halides is 6. The van der Waals surface area contributed by atoms with Crippen LogP contribution in [0, 0.1) is 17.2 Å². The minimum absolute atomic E-state index is 0.0923. The van der Waals surface area contributed by atoms with Crippen LogP contribution >= 0.6 is 15.9 Å². The molecule has 1 N–H and O–H groups in total. The fourth-order valence-electron chi connectivity index (χ4n) is 1.27. The van der Waals surface area contributed by atoms with E-state index in [0.29, 0.717) is 0 Å². The smallest absolute Gasteiger partial charge is 0.405 e. The van der Waals surface area contributed by atoms with Crippen LogP contribution < -0.4 is 10.1 Å². The summed E-state index contributed by atoms with van der Waals surface area (Å²) in [7, 11) is 0. The van der Waals surface area contributed by atoms with Gasteiger partial charge in [0.05, 0.1) is 10.5 Å². The van der Waals surface area contributed by atoms with Crippen molar-refractivity contribution in [2.75, 3.05) is 11.9 Å². The van der Waals surface area contributed by atoms with Crippen LogP contribution in [-0.2, 0) is 0 Å². The number of halogens is 7. The van der Waals surface area contributed by atoms with Crippen molar-refractivity contribution in [1.29, 1.82) is 5.26 Å². The van der Waals surface area contributed by atoms with Gasteiger partial charge >= 0.3 is 12.5 Å². The van der Waals surface area contributed by atoms with Gasteiger partial charge in [-0.2, -0.15) is 18.4 Å². The minimum Gasteiger partial charge on any atom is -0.405 e. The third-order valence-electron chi connectivity index (χ3n) is 2.22. The number of benzene rings is 1. The number of anilines is 1. The van der Waals surface area contributed by atoms with Gasteiger partial charge in [-0.25, -0.2) is 0 Å². The molecule has 0 saturated heterocycles. The van der Waals surface area contributed by atoms with E-state index < -0.39 is 30.8 Å². The van der Waals surface area contributed by atoms with E-state index in [1.807, 2.05) is 0 Å². The maximum Gasteiger partial charge on any atom is 0.573 e. The number of rotatable bonds is 4. The zero-order chi connectivity index (χ0) is 16.3. The lowest BCUT2D eigenvalue weighted by atomic mass is 10.1. The van der Waals surface area contributed by atoms with Crippen LogP contribution in [0.3, 0.4) is 0 Å². The first-order chi connectivity index (χ1) is 9.53. The summed E-state index contributed by atoms with van der Waals surface area (Å²) in [5.74, 6) is -2.75. The molecule has 0 aliphatic rings. The van der Waals surface area contributed by atoms with E-state index in [4.69, 9.17) is 5.26 Å². The van der Waals surface area contributed by atoms with Crippen molar-refractivity contribution >= 4 is 21.6 Å². The molecule has 1 unspecified atom stereocenters. The van der Waals surface area contributed by atoms with Crippen LogP contribution in [0.2, 0.25) is 0 Å². The fraction of sp³-hybridized carbons (Fsp3) is 0.364. The highest BCUT2D eigenvalue weighted by Crippen LogP contribution is 2.33. The van der Waals surface area contributed by atoms with E-state index in [0.717, 1.165) is 24.3 Å². The van der Waals surface area contributed by atoms with Gasteiger partial charge < -0.3 is 10.1 Å². The molecule has 0 saturated carbocycles. The van der Waals surface area contributed by atoms with Gasteiger partial charge in [0.2, 0.25) is 0 Å². The molecule has 0 heterocycles. The minimum atomic E-state index is -4.88. The molecule has 0 bridgehead atoms. The molecule has 1 aromatic carbocycles. The van der Waals surface area contributed by atoms with Crippen molar-refractivity contribution in [3.63, 3.8) is 0 Å². The molecule has 10 heteroatoms. The Morgan fingerprint density at radius 2 is 1.86 bits per heavy atom. The molecule has 21 heavy (non-hydrogen) atoms. The molecule has 0 spiro atoms. The summed E-state index contributed by atoms with van der Waals surface area (Å²) >= 11 is 2.81. The molecule has 0 fully saturated rings. The Labute approximate surface area is 123 Å². The molecule has 1 aromatic rings. The van der Waals surface area contributed by atoms with E-state index in [2.05, 4.69) is 26.0 Å². The van der Waals surface area contributed by atoms with E-state index in [1.165, 1.54) is 0 Å². The van der Waals surface area contributed by atoms with Gasteiger partial charge in [-0.05, 0) is 34.1 Å². The van der Waals surface area contributed by atoms with Gasteiger partial charge in [-0.1, -0.05) is 0 Å². The van der Waals surface area contributed by atoms with Crippen molar-refractivity contribution in [2.24, 2.45) is 5.92 Å². The van der Waals surface area contributed by atoms with Crippen LogP contribution in [0.25, 0.3) is 0 Å². The Kier molecular flexibility index (Phi) is 5.33. The number of nitriles is 1. The Bertz CT molecular complexity index is 537. The summed E-state index contributed by atoms with van der Waals surface area (Å²) in [5.41, 5.74) is 0.112. The zero-order valence-corrected chi connectivity index (χ0v) is 11.6. The van der Waals surface area contributed by atoms with Gasteiger partial charge in [0.15, 0.2) is 5.92 Å². The number of nitrogens with one attached hydrogen (secondary N) is 1. The molecule has 1 rings (SSSR count). The normalized spacial score (nSPS) is 13.4. The van der Waals surface area contributed by atoms with Gasteiger partial charge in [0.1, 0.15) is 5.75 Å². The molecule has 116 valence electrons. The van der Waals surface area contributed by atoms with Crippen LogP contribution in [0.1, 0.15) is 0 Å². The number of ether oxygens (including phenoxy) is 1. The second kappa shape index (κ2) is 6.43. The first-order valence-electron chi connectivity index (χ1n) is 5.28. The predicted molar refractivity (Wildman–Crippen MR) is 64.5 cm³/mol. The van der Waals surface area contributed by atoms with Crippen LogP contribution in [0.4, 0.5) is 32.0 Å². The van der Waals surface area contributed by atoms with Crippen LogP contribution in [-0.4, -0.2) is 19.1 Å².